The van der Waals surface area contributed by atoms with Crippen LogP contribution in [0, 0.1) is 11.8 Å². The topological polar surface area (TPSA) is 102 Å². The van der Waals surface area contributed by atoms with Gasteiger partial charge in [0.15, 0.2) is 0 Å². The molecule has 0 unspecified atom stereocenters. The van der Waals surface area contributed by atoms with Gasteiger partial charge in [0.1, 0.15) is 12.2 Å². The summed E-state index contributed by atoms with van der Waals surface area (Å²) in [6.07, 6.45) is -1.48. The molecule has 7 nitrogen and oxygen atoms in total. The van der Waals surface area contributed by atoms with E-state index in [2.05, 4.69) is 27.5 Å². The molecular weight excluding hydrogens is 479 g/mol. The van der Waals surface area contributed by atoms with Crippen molar-refractivity contribution in [1.82, 2.24) is 9.55 Å². The summed E-state index contributed by atoms with van der Waals surface area (Å²) in [6.45, 7) is -0.992. The molecule has 35 heavy (non-hydrogen) atoms. The average Bonchev–Trinajstić information content (AvgIpc) is 3.15. The fourth-order valence-corrected chi connectivity index (χ4v) is 5.25. The first-order chi connectivity index (χ1) is 16.7. The van der Waals surface area contributed by atoms with Crippen LogP contribution in [0.4, 0.5) is 24.5 Å². The van der Waals surface area contributed by atoms with Crippen LogP contribution in [0.2, 0.25) is 0 Å². The number of hydrogen-bond donors (Lipinski definition) is 3. The molecule has 11 heteroatoms. The quantitative estimate of drug-likeness (QED) is 0.447. The molecule has 1 saturated heterocycles. The Morgan fingerprint density at radius 2 is 2.00 bits per heavy atom. The number of fused-ring (bicyclic) bond motifs is 1. The fourth-order valence-electron chi connectivity index (χ4n) is 3.95. The average molecular weight is 504 g/mol. The smallest absolute Gasteiger partial charge is 0.382 e. The number of rotatable bonds is 6. The van der Waals surface area contributed by atoms with Gasteiger partial charge in [0.25, 0.3) is 5.91 Å². The van der Waals surface area contributed by atoms with Gasteiger partial charge in [-0.3, -0.25) is 9.00 Å². The highest BCUT2D eigenvalue weighted by molar-refractivity contribution is 7.85. The van der Waals surface area contributed by atoms with E-state index in [1.54, 1.807) is 24.3 Å². The molecule has 4 rings (SSSR count). The molecule has 4 N–H and O–H groups in total. The van der Waals surface area contributed by atoms with E-state index in [-0.39, 0.29) is 24.0 Å². The summed E-state index contributed by atoms with van der Waals surface area (Å²) in [4.78, 5) is 15.0. The first-order valence-electron chi connectivity index (χ1n) is 11.0. The molecule has 0 saturated carbocycles. The van der Waals surface area contributed by atoms with E-state index in [4.69, 9.17) is 5.73 Å². The van der Waals surface area contributed by atoms with Gasteiger partial charge in [-0.2, -0.15) is 13.2 Å². The van der Waals surface area contributed by atoms with Crippen molar-refractivity contribution in [3.8, 4) is 11.8 Å². The van der Waals surface area contributed by atoms with Crippen LogP contribution in [-0.2, 0) is 17.3 Å². The van der Waals surface area contributed by atoms with Gasteiger partial charge in [-0.05, 0) is 49.1 Å². The van der Waals surface area contributed by atoms with Crippen LogP contribution in [0.15, 0.2) is 42.6 Å². The third-order valence-corrected chi connectivity index (χ3v) is 7.03. The lowest BCUT2D eigenvalue weighted by molar-refractivity contribution is -0.140. The summed E-state index contributed by atoms with van der Waals surface area (Å²) < 4.78 is 52.9. The SMILES string of the molecule is NC(=O)c1ccc(NCC#Cc2cc3c(NC4CCS(=O)CC4)cccc3n2CC(F)(F)F)cn1. The van der Waals surface area contributed by atoms with Crippen molar-refractivity contribution < 1.29 is 22.2 Å². The normalized spacial score (nSPS) is 18.0. The predicted octanol–water partition coefficient (Wildman–Crippen LogP) is 3.48. The van der Waals surface area contributed by atoms with Crippen LogP contribution in [0.1, 0.15) is 29.0 Å². The highest BCUT2D eigenvalue weighted by atomic mass is 32.2. The van der Waals surface area contributed by atoms with Crippen LogP contribution in [0.25, 0.3) is 10.9 Å². The molecule has 3 aromatic rings. The van der Waals surface area contributed by atoms with Crippen molar-refractivity contribution in [3.63, 3.8) is 0 Å². The number of hydrogen-bond acceptors (Lipinski definition) is 5. The second-order valence-corrected chi connectivity index (χ2v) is 9.88. The Balaban J connectivity index is 1.57. The molecule has 1 fully saturated rings. The van der Waals surface area contributed by atoms with Crippen molar-refractivity contribution in [2.24, 2.45) is 5.73 Å². The molecule has 184 valence electrons. The molecule has 0 aliphatic carbocycles. The zero-order valence-electron chi connectivity index (χ0n) is 18.7. The lowest BCUT2D eigenvalue weighted by Crippen LogP contribution is -2.29. The number of carbonyl (C=O) groups is 1. The van der Waals surface area contributed by atoms with Gasteiger partial charge in [-0.15, -0.1) is 0 Å². The van der Waals surface area contributed by atoms with Crippen molar-refractivity contribution in [1.29, 1.82) is 0 Å². The Labute approximate surface area is 202 Å². The van der Waals surface area contributed by atoms with E-state index in [0.29, 0.717) is 28.1 Å². The van der Waals surface area contributed by atoms with Gasteiger partial charge in [-0.1, -0.05) is 12.0 Å². The third-order valence-electron chi connectivity index (χ3n) is 5.64. The van der Waals surface area contributed by atoms with E-state index in [1.165, 1.54) is 16.8 Å². The van der Waals surface area contributed by atoms with E-state index in [9.17, 15) is 22.2 Å². The maximum Gasteiger partial charge on any atom is 0.406 e. The fraction of sp³-hybridized carbons (Fsp3) is 0.333. The highest BCUT2D eigenvalue weighted by Gasteiger charge is 2.30. The number of pyridine rings is 1. The maximum atomic E-state index is 13.4. The first kappa shape index (κ1) is 24.6. The van der Waals surface area contributed by atoms with E-state index in [1.807, 2.05) is 6.07 Å². The summed E-state index contributed by atoms with van der Waals surface area (Å²) in [5, 5.41) is 7.07. The molecule has 0 atom stereocenters. The molecule has 1 amide bonds. The Bertz CT molecular complexity index is 1300. The molecule has 1 aliphatic rings. The summed E-state index contributed by atoms with van der Waals surface area (Å²) >= 11 is 0. The van der Waals surface area contributed by atoms with Gasteiger partial charge >= 0.3 is 6.18 Å². The van der Waals surface area contributed by atoms with Crippen LogP contribution >= 0.6 is 0 Å². The zero-order chi connectivity index (χ0) is 25.0. The highest BCUT2D eigenvalue weighted by Crippen LogP contribution is 2.31. The van der Waals surface area contributed by atoms with Crippen molar-refractivity contribution in [3.05, 3.63) is 54.0 Å². The van der Waals surface area contributed by atoms with Crippen LogP contribution in [-0.4, -0.2) is 49.9 Å². The van der Waals surface area contributed by atoms with Gasteiger partial charge in [0.05, 0.1) is 29.6 Å². The Morgan fingerprint density at radius 3 is 2.66 bits per heavy atom. The number of amides is 1. The number of nitrogens with two attached hydrogens (primary N) is 1. The molecular formula is C24H24F3N5O2S. The number of anilines is 2. The number of aromatic nitrogens is 2. The second kappa shape index (κ2) is 10.4. The third kappa shape index (κ3) is 6.33. The van der Waals surface area contributed by atoms with Crippen LogP contribution in [0.5, 0.6) is 0 Å². The zero-order valence-corrected chi connectivity index (χ0v) is 19.5. The number of carbonyl (C=O) groups excluding carboxylic acids is 1. The van der Waals surface area contributed by atoms with Crippen molar-refractivity contribution in [2.45, 2.75) is 31.6 Å². The predicted molar refractivity (Wildman–Crippen MR) is 131 cm³/mol. The molecule has 1 aromatic carbocycles. The summed E-state index contributed by atoms with van der Waals surface area (Å²) in [7, 11) is -0.797. The Morgan fingerprint density at radius 1 is 1.23 bits per heavy atom. The number of primary amides is 1. The van der Waals surface area contributed by atoms with E-state index >= 15 is 0 Å². The number of nitrogens with one attached hydrogen (secondary N) is 2. The molecule has 3 heterocycles. The van der Waals surface area contributed by atoms with Crippen molar-refractivity contribution >= 4 is 39.0 Å². The largest absolute Gasteiger partial charge is 0.406 e. The van der Waals surface area contributed by atoms with Gasteiger partial charge < -0.3 is 20.9 Å². The van der Waals surface area contributed by atoms with Gasteiger partial charge in [-0.25, -0.2) is 4.98 Å². The minimum atomic E-state index is -4.41. The minimum absolute atomic E-state index is 0.123. The van der Waals surface area contributed by atoms with Gasteiger partial charge in [0, 0.05) is 39.4 Å². The molecule has 0 bridgehead atoms. The summed E-state index contributed by atoms with van der Waals surface area (Å²) in [6, 6.07) is 10.1. The number of nitrogens with zero attached hydrogens (tertiary/aromatic N) is 2. The lowest BCUT2D eigenvalue weighted by atomic mass is 10.1. The van der Waals surface area contributed by atoms with Crippen LogP contribution < -0.4 is 16.4 Å². The van der Waals surface area contributed by atoms with Crippen LogP contribution in [0.3, 0.4) is 0 Å². The molecule has 1 aliphatic heterocycles. The monoisotopic (exact) mass is 503 g/mol. The van der Waals surface area contributed by atoms with E-state index in [0.717, 1.165) is 18.5 Å². The van der Waals surface area contributed by atoms with Crippen molar-refractivity contribution in [2.75, 3.05) is 28.7 Å². The number of alkyl halides is 3. The second-order valence-electron chi connectivity index (χ2n) is 8.19. The lowest BCUT2D eigenvalue weighted by Gasteiger charge is -2.24. The number of benzene rings is 1. The first-order valence-corrected chi connectivity index (χ1v) is 12.5. The standard InChI is InChI=1S/C24H24F3N5O2S/c25-24(26,27)15-32-18(3-2-10-29-17-6-7-21(23(28)33)30-14-17)13-19-20(4-1-5-22(19)32)31-16-8-11-35(34)12-9-16/h1,4-7,13-14,16,29,31H,8-12,15H2,(H2,28,33). The Hall–Kier alpha value is -3.52. The minimum Gasteiger partial charge on any atom is -0.382 e. The summed E-state index contributed by atoms with van der Waals surface area (Å²) in [5.41, 5.74) is 7.32. The maximum absolute atomic E-state index is 13.4. The molecule has 0 radical (unpaired) electrons. The molecule has 0 spiro atoms. The Kier molecular flexibility index (Phi) is 7.31. The van der Waals surface area contributed by atoms with E-state index < -0.39 is 29.4 Å². The van der Waals surface area contributed by atoms with Gasteiger partial charge in [0.2, 0.25) is 0 Å². The summed E-state index contributed by atoms with van der Waals surface area (Å²) in [5.74, 6) is 6.31. The number of halogens is 3. The molecule has 2 aromatic heterocycles.